The summed E-state index contributed by atoms with van der Waals surface area (Å²) in [6, 6.07) is 92.5. The summed E-state index contributed by atoms with van der Waals surface area (Å²) < 4.78 is 9.23. The van der Waals surface area contributed by atoms with Crippen molar-refractivity contribution in [2.75, 3.05) is 4.90 Å². The van der Waals surface area contributed by atoms with Gasteiger partial charge in [0.05, 0.1) is 27.8 Å². The van der Waals surface area contributed by atoms with Gasteiger partial charge in [-0.25, -0.2) is 0 Å². The van der Waals surface area contributed by atoms with E-state index in [0.717, 1.165) is 66.5 Å². The molecule has 2 heterocycles. The third-order valence-corrected chi connectivity index (χ3v) is 14.1. The van der Waals surface area contributed by atoms with Crippen LogP contribution >= 0.6 is 0 Å². The van der Waals surface area contributed by atoms with Crippen LogP contribution in [0, 0.1) is 0 Å². The summed E-state index contributed by atoms with van der Waals surface area (Å²) in [5.74, 6) is 0. The van der Waals surface area contributed by atoms with Gasteiger partial charge in [0.2, 0.25) is 0 Å². The highest BCUT2D eigenvalue weighted by atomic mass is 16.3. The van der Waals surface area contributed by atoms with E-state index in [9.17, 15) is 0 Å². The Morgan fingerprint density at radius 2 is 0.841 bits per heavy atom. The van der Waals surface area contributed by atoms with Crippen molar-refractivity contribution < 1.29 is 4.42 Å². The molecule has 3 heteroatoms. The number of hydrogen-bond donors (Lipinski definition) is 0. The molecule has 3 nitrogen and oxygen atoms in total. The number of furan rings is 1. The Kier molecular flexibility index (Phi) is 8.90. The van der Waals surface area contributed by atoms with Crippen LogP contribution in [-0.2, 0) is 0 Å². The Hall–Kier alpha value is -9.18. The summed E-state index contributed by atoms with van der Waals surface area (Å²) in [5.41, 5.74) is 15.5. The number of para-hydroxylation sites is 2. The lowest BCUT2D eigenvalue weighted by molar-refractivity contribution is 0.672. The lowest BCUT2D eigenvalue weighted by Gasteiger charge is -2.27. The van der Waals surface area contributed by atoms with Crippen LogP contribution in [0.3, 0.4) is 0 Å². The molecule has 0 bridgehead atoms. The molecular weight excluding hydrogens is 837 g/mol. The molecule has 14 rings (SSSR count). The zero-order chi connectivity index (χ0) is 45.4. The molecule has 12 aromatic carbocycles. The molecule has 0 radical (unpaired) electrons. The van der Waals surface area contributed by atoms with Gasteiger partial charge in [-0.2, -0.15) is 0 Å². The summed E-state index contributed by atoms with van der Waals surface area (Å²) in [6.07, 6.45) is 0. The van der Waals surface area contributed by atoms with Crippen LogP contribution in [0.5, 0.6) is 0 Å². The highest BCUT2D eigenvalue weighted by molar-refractivity contribution is 6.22. The van der Waals surface area contributed by atoms with Crippen LogP contribution in [-0.4, -0.2) is 4.57 Å². The molecule has 0 amide bonds. The predicted octanol–water partition coefficient (Wildman–Crippen LogP) is 18.6. The maximum Gasteiger partial charge on any atom is 0.145 e. The topological polar surface area (TPSA) is 21.3 Å². The molecule has 0 aliphatic rings. The van der Waals surface area contributed by atoms with E-state index in [1.54, 1.807) is 0 Å². The standard InChI is InChI=1S/C66H42N2O/c1-2-15-43(16-3-1)44-29-31-45(32-30-44)46-33-36-51(37-34-46)67(63-42-50-18-5-7-22-54(50)66-65(63)58-26-11-13-28-64(58)69-66)52-20-14-19-47(39-52)48-35-38-61-59(40-48)57-25-10-12-27-60(57)68(61)62-41-49-17-4-6-21-53(49)55-23-8-9-24-56(55)62/h1-42H. The number of aromatic nitrogens is 1. The number of benzene rings is 12. The molecule has 0 aliphatic heterocycles. The van der Waals surface area contributed by atoms with E-state index >= 15 is 0 Å². The Labute approximate surface area is 399 Å². The molecule has 0 spiro atoms. The average Bonchev–Trinajstić information content (AvgIpc) is 3.98. The fourth-order valence-electron chi connectivity index (χ4n) is 10.9. The van der Waals surface area contributed by atoms with E-state index < -0.39 is 0 Å². The van der Waals surface area contributed by atoms with Crippen LogP contribution in [0.25, 0.3) is 115 Å². The van der Waals surface area contributed by atoms with E-state index in [0.29, 0.717) is 0 Å². The first-order valence-corrected chi connectivity index (χ1v) is 23.7. The number of fused-ring (bicyclic) bond motifs is 11. The van der Waals surface area contributed by atoms with Crippen LogP contribution < -0.4 is 4.90 Å². The third-order valence-electron chi connectivity index (χ3n) is 14.1. The lowest BCUT2D eigenvalue weighted by atomic mass is 9.98. The number of anilines is 3. The second-order valence-electron chi connectivity index (χ2n) is 18.0. The molecule has 69 heavy (non-hydrogen) atoms. The minimum atomic E-state index is 0.872. The smallest absolute Gasteiger partial charge is 0.145 e. The monoisotopic (exact) mass is 878 g/mol. The lowest BCUT2D eigenvalue weighted by Crippen LogP contribution is -2.10. The minimum Gasteiger partial charge on any atom is -0.455 e. The highest BCUT2D eigenvalue weighted by Gasteiger charge is 2.23. The maximum atomic E-state index is 6.77. The first-order valence-electron chi connectivity index (χ1n) is 23.7. The normalized spacial score (nSPS) is 11.8. The van der Waals surface area contributed by atoms with Gasteiger partial charge < -0.3 is 13.9 Å². The molecular formula is C66H42N2O. The molecule has 14 aromatic rings. The van der Waals surface area contributed by atoms with E-state index in [2.05, 4.69) is 264 Å². The quantitative estimate of drug-likeness (QED) is 0.149. The second kappa shape index (κ2) is 15.7. The fourth-order valence-corrected chi connectivity index (χ4v) is 10.9. The van der Waals surface area contributed by atoms with Crippen molar-refractivity contribution in [3.05, 3.63) is 255 Å². The Balaban J connectivity index is 0.937. The van der Waals surface area contributed by atoms with Gasteiger partial charge in [-0.3, -0.25) is 0 Å². The zero-order valence-corrected chi connectivity index (χ0v) is 37.6. The van der Waals surface area contributed by atoms with Gasteiger partial charge >= 0.3 is 0 Å². The van der Waals surface area contributed by atoms with Crippen molar-refractivity contribution in [2.45, 2.75) is 0 Å². The third kappa shape index (κ3) is 6.36. The molecule has 2 aromatic heterocycles. The van der Waals surface area contributed by atoms with Gasteiger partial charge in [0.1, 0.15) is 11.2 Å². The molecule has 0 atom stereocenters. The molecule has 0 aliphatic carbocycles. The number of hydrogen-bond acceptors (Lipinski definition) is 2. The van der Waals surface area contributed by atoms with Crippen LogP contribution in [0.2, 0.25) is 0 Å². The summed E-state index contributed by atoms with van der Waals surface area (Å²) >= 11 is 0. The van der Waals surface area contributed by atoms with Crippen molar-refractivity contribution in [1.82, 2.24) is 4.57 Å². The average molecular weight is 879 g/mol. The maximum absolute atomic E-state index is 6.77. The number of nitrogens with zero attached hydrogens (tertiary/aromatic N) is 2. The van der Waals surface area contributed by atoms with Gasteiger partial charge in [0, 0.05) is 38.3 Å². The van der Waals surface area contributed by atoms with Gasteiger partial charge in [-0.1, -0.05) is 194 Å². The minimum absolute atomic E-state index is 0.872. The SMILES string of the molecule is c1ccc(-c2ccc(-c3ccc(N(c4cccc(-c5ccc6c(c5)c5ccccc5n6-c5cc6ccccc6c6ccccc56)c4)c4cc5ccccc5c5oc6ccccc6c45)cc3)cc2)cc1. The van der Waals surface area contributed by atoms with Gasteiger partial charge in [0.25, 0.3) is 0 Å². The van der Waals surface area contributed by atoms with E-state index in [1.807, 2.05) is 0 Å². The van der Waals surface area contributed by atoms with Crippen LogP contribution in [0.4, 0.5) is 17.1 Å². The molecule has 0 N–H and O–H groups in total. The second-order valence-corrected chi connectivity index (χ2v) is 18.0. The van der Waals surface area contributed by atoms with Gasteiger partial charge in [-0.15, -0.1) is 0 Å². The van der Waals surface area contributed by atoms with Crippen LogP contribution in [0.15, 0.2) is 259 Å². The van der Waals surface area contributed by atoms with Crippen LogP contribution in [0.1, 0.15) is 0 Å². The van der Waals surface area contributed by atoms with E-state index in [1.165, 1.54) is 65.7 Å². The zero-order valence-electron chi connectivity index (χ0n) is 37.6. The summed E-state index contributed by atoms with van der Waals surface area (Å²) in [7, 11) is 0. The molecule has 322 valence electrons. The molecule has 0 unspecified atom stereocenters. The van der Waals surface area contributed by atoms with Crippen molar-refractivity contribution >= 4 is 93.1 Å². The number of rotatable bonds is 7. The molecule has 0 fully saturated rings. The van der Waals surface area contributed by atoms with Crippen molar-refractivity contribution in [3.63, 3.8) is 0 Å². The fraction of sp³-hybridized carbons (Fsp3) is 0. The Bertz CT molecular complexity index is 4290. The van der Waals surface area contributed by atoms with E-state index in [-0.39, 0.29) is 0 Å². The summed E-state index contributed by atoms with van der Waals surface area (Å²) in [5, 5.41) is 11.8. The Morgan fingerprint density at radius 3 is 1.61 bits per heavy atom. The van der Waals surface area contributed by atoms with Crippen molar-refractivity contribution in [3.8, 4) is 39.1 Å². The summed E-state index contributed by atoms with van der Waals surface area (Å²) in [6.45, 7) is 0. The molecule has 0 saturated carbocycles. The van der Waals surface area contributed by atoms with Gasteiger partial charge in [-0.05, 0) is 116 Å². The Morgan fingerprint density at radius 1 is 0.304 bits per heavy atom. The highest BCUT2D eigenvalue weighted by Crippen LogP contribution is 2.47. The molecule has 0 saturated heterocycles. The summed E-state index contributed by atoms with van der Waals surface area (Å²) in [4.78, 5) is 2.41. The van der Waals surface area contributed by atoms with Gasteiger partial charge in [0.15, 0.2) is 0 Å². The van der Waals surface area contributed by atoms with Crippen molar-refractivity contribution in [1.29, 1.82) is 0 Å². The van der Waals surface area contributed by atoms with E-state index in [4.69, 9.17) is 4.42 Å². The van der Waals surface area contributed by atoms with Crippen molar-refractivity contribution in [2.24, 2.45) is 0 Å². The predicted molar refractivity (Wildman–Crippen MR) is 292 cm³/mol. The first-order chi connectivity index (χ1) is 34.2. The first kappa shape index (κ1) is 39.0. The largest absolute Gasteiger partial charge is 0.455 e.